The van der Waals surface area contributed by atoms with Crippen molar-refractivity contribution in [2.45, 2.75) is 33.1 Å². The fourth-order valence-electron chi connectivity index (χ4n) is 3.14. The van der Waals surface area contributed by atoms with Crippen LogP contribution in [0, 0.1) is 0 Å². The molecule has 2 N–H and O–H groups in total. The summed E-state index contributed by atoms with van der Waals surface area (Å²) in [5.41, 5.74) is 3.60. The van der Waals surface area contributed by atoms with Gasteiger partial charge in [0.15, 0.2) is 5.96 Å². The van der Waals surface area contributed by atoms with E-state index in [4.69, 9.17) is 9.41 Å². The summed E-state index contributed by atoms with van der Waals surface area (Å²) >= 11 is 0. The number of rotatable bonds is 9. The highest BCUT2D eigenvalue weighted by atomic mass is 16.3. The summed E-state index contributed by atoms with van der Waals surface area (Å²) in [5, 5.41) is 10.9. The number of hydrogen-bond acceptors (Lipinski definition) is 4. The average molecular weight is 395 g/mol. The molecule has 0 saturated heterocycles. The van der Waals surface area contributed by atoms with Crippen molar-refractivity contribution in [1.29, 1.82) is 0 Å². The Morgan fingerprint density at radius 2 is 1.93 bits per heavy atom. The summed E-state index contributed by atoms with van der Waals surface area (Å²) < 4.78 is 7.32. The molecule has 1 aromatic carbocycles. The molecule has 0 radical (unpaired) electrons. The van der Waals surface area contributed by atoms with E-state index < -0.39 is 0 Å². The zero-order chi connectivity index (χ0) is 20.5. The lowest BCUT2D eigenvalue weighted by atomic mass is 10.1. The lowest BCUT2D eigenvalue weighted by Gasteiger charge is -2.17. The summed E-state index contributed by atoms with van der Waals surface area (Å²) in [6, 6.07) is 14.4. The quantitative estimate of drug-likeness (QED) is 0.431. The van der Waals surface area contributed by atoms with Crippen LogP contribution in [0.4, 0.5) is 0 Å². The van der Waals surface area contributed by atoms with Crippen LogP contribution in [-0.2, 0) is 33.2 Å². The smallest absolute Gasteiger partial charge is 0.191 e. The molecule has 2 aromatic heterocycles. The van der Waals surface area contributed by atoms with Gasteiger partial charge in [-0.3, -0.25) is 9.58 Å². The first kappa shape index (κ1) is 20.7. The zero-order valence-electron chi connectivity index (χ0n) is 17.4. The van der Waals surface area contributed by atoms with E-state index >= 15 is 0 Å². The van der Waals surface area contributed by atoms with Crippen molar-refractivity contribution in [2.75, 3.05) is 13.6 Å². The van der Waals surface area contributed by atoms with Crippen LogP contribution in [0.5, 0.6) is 0 Å². The first-order chi connectivity index (χ1) is 14.2. The van der Waals surface area contributed by atoms with Crippen LogP contribution in [-0.4, -0.2) is 34.2 Å². The Morgan fingerprint density at radius 1 is 1.10 bits per heavy atom. The Morgan fingerprint density at radius 3 is 2.62 bits per heavy atom. The van der Waals surface area contributed by atoms with Crippen LogP contribution >= 0.6 is 0 Å². The highest BCUT2D eigenvalue weighted by Gasteiger charge is 2.08. The van der Waals surface area contributed by atoms with Crippen LogP contribution in [0.15, 0.2) is 64.3 Å². The number of aliphatic imine (C=N–C) groups is 1. The molecule has 0 amide bonds. The van der Waals surface area contributed by atoms with Crippen molar-refractivity contribution in [3.05, 3.63) is 77.5 Å². The molecule has 0 aliphatic rings. The van der Waals surface area contributed by atoms with E-state index in [2.05, 4.69) is 58.9 Å². The van der Waals surface area contributed by atoms with Crippen LogP contribution in [0.1, 0.15) is 29.5 Å². The molecule has 3 rings (SSSR count). The van der Waals surface area contributed by atoms with E-state index in [1.807, 2.05) is 29.9 Å². The Kier molecular flexibility index (Phi) is 7.47. The Labute approximate surface area is 172 Å². The maximum atomic E-state index is 5.46. The Hall–Kier alpha value is -3.06. The molecule has 0 saturated carbocycles. The highest BCUT2D eigenvalue weighted by molar-refractivity contribution is 5.79. The minimum Gasteiger partial charge on any atom is -0.468 e. The lowest BCUT2D eigenvalue weighted by Crippen LogP contribution is -2.37. The number of hydrogen-bond donors (Lipinski definition) is 2. The number of guanidine groups is 1. The van der Waals surface area contributed by atoms with Gasteiger partial charge in [0.25, 0.3) is 0 Å². The van der Waals surface area contributed by atoms with Gasteiger partial charge in [-0.1, -0.05) is 24.3 Å². The summed E-state index contributed by atoms with van der Waals surface area (Å²) in [7, 11) is 4.04. The molecular weight excluding hydrogens is 364 g/mol. The number of furan rings is 1. The summed E-state index contributed by atoms with van der Waals surface area (Å²) in [4.78, 5) is 7.03. The number of nitrogens with zero attached hydrogens (tertiary/aromatic N) is 4. The van der Waals surface area contributed by atoms with Crippen molar-refractivity contribution >= 4 is 5.96 Å². The van der Waals surface area contributed by atoms with Gasteiger partial charge in [-0.2, -0.15) is 5.10 Å². The Bertz CT molecular complexity index is 900. The van der Waals surface area contributed by atoms with Gasteiger partial charge >= 0.3 is 0 Å². The lowest BCUT2D eigenvalue weighted by molar-refractivity contribution is 0.287. The van der Waals surface area contributed by atoms with Crippen LogP contribution in [0.2, 0.25) is 0 Å². The first-order valence-corrected chi connectivity index (χ1v) is 9.92. The second kappa shape index (κ2) is 10.5. The molecule has 0 unspecified atom stereocenters. The van der Waals surface area contributed by atoms with E-state index in [0.717, 1.165) is 37.0 Å². The first-order valence-electron chi connectivity index (χ1n) is 9.92. The maximum absolute atomic E-state index is 5.46. The third-order valence-corrected chi connectivity index (χ3v) is 4.68. The van der Waals surface area contributed by atoms with Crippen molar-refractivity contribution in [3.8, 4) is 0 Å². The monoisotopic (exact) mass is 394 g/mol. The predicted molar refractivity (Wildman–Crippen MR) is 115 cm³/mol. The third kappa shape index (κ3) is 6.22. The second-order valence-corrected chi connectivity index (χ2v) is 7.02. The molecule has 0 fully saturated rings. The summed E-state index contributed by atoms with van der Waals surface area (Å²) in [6.45, 7) is 5.79. The fourth-order valence-corrected chi connectivity index (χ4v) is 3.14. The zero-order valence-corrected chi connectivity index (χ0v) is 17.4. The van der Waals surface area contributed by atoms with Gasteiger partial charge in [-0.15, -0.1) is 0 Å². The van der Waals surface area contributed by atoms with Crippen molar-refractivity contribution in [3.63, 3.8) is 0 Å². The number of benzene rings is 1. The molecular formula is C22H30N6O. The largest absolute Gasteiger partial charge is 0.468 e. The minimum atomic E-state index is 0.617. The van der Waals surface area contributed by atoms with Crippen LogP contribution in [0.3, 0.4) is 0 Å². The van der Waals surface area contributed by atoms with Gasteiger partial charge < -0.3 is 15.1 Å². The topological polar surface area (TPSA) is 70.6 Å². The van der Waals surface area contributed by atoms with Crippen molar-refractivity contribution < 1.29 is 4.42 Å². The standard InChI is InChI=1S/C22H30N6O/c1-4-23-22(25-15-20-11-12-26-28(20)3)24-14-18-8-5-6-9-19(18)16-27(2)17-21-10-7-13-29-21/h5-13H,4,14-17H2,1-3H3,(H2,23,24,25). The molecule has 2 heterocycles. The van der Waals surface area contributed by atoms with Crippen LogP contribution < -0.4 is 10.6 Å². The van der Waals surface area contributed by atoms with E-state index in [1.54, 1.807) is 12.5 Å². The minimum absolute atomic E-state index is 0.617. The Balaban J connectivity index is 1.63. The van der Waals surface area contributed by atoms with E-state index in [0.29, 0.717) is 13.1 Å². The molecule has 0 bridgehead atoms. The maximum Gasteiger partial charge on any atom is 0.191 e. The number of aromatic nitrogens is 2. The van der Waals surface area contributed by atoms with Crippen LogP contribution in [0.25, 0.3) is 0 Å². The molecule has 0 aliphatic carbocycles. The predicted octanol–water partition coefficient (Wildman–Crippen LogP) is 2.90. The SMILES string of the molecule is CCNC(=NCc1ccccc1CN(C)Cc1ccco1)NCc1ccnn1C. The second-order valence-electron chi connectivity index (χ2n) is 7.02. The molecule has 29 heavy (non-hydrogen) atoms. The third-order valence-electron chi connectivity index (χ3n) is 4.68. The molecule has 7 heteroatoms. The van der Waals surface area contributed by atoms with Gasteiger partial charge in [0.2, 0.25) is 0 Å². The van der Waals surface area contributed by atoms with Gasteiger partial charge in [0.1, 0.15) is 5.76 Å². The normalized spacial score (nSPS) is 11.8. The van der Waals surface area contributed by atoms with Gasteiger partial charge in [0.05, 0.1) is 31.6 Å². The molecule has 0 atom stereocenters. The highest BCUT2D eigenvalue weighted by Crippen LogP contribution is 2.14. The molecule has 7 nitrogen and oxygen atoms in total. The number of nitrogens with one attached hydrogen (secondary N) is 2. The van der Waals surface area contributed by atoms with Gasteiger partial charge in [-0.25, -0.2) is 4.99 Å². The number of aryl methyl sites for hydroxylation is 1. The molecule has 0 spiro atoms. The molecule has 0 aliphatic heterocycles. The average Bonchev–Trinajstić information content (AvgIpc) is 3.36. The van der Waals surface area contributed by atoms with E-state index in [9.17, 15) is 0 Å². The van der Waals surface area contributed by atoms with E-state index in [1.165, 1.54) is 11.1 Å². The van der Waals surface area contributed by atoms with Gasteiger partial charge in [-0.05, 0) is 43.3 Å². The van der Waals surface area contributed by atoms with Crippen molar-refractivity contribution in [1.82, 2.24) is 25.3 Å². The van der Waals surface area contributed by atoms with E-state index in [-0.39, 0.29) is 0 Å². The fraction of sp³-hybridized carbons (Fsp3) is 0.364. The van der Waals surface area contributed by atoms with Crippen molar-refractivity contribution in [2.24, 2.45) is 12.0 Å². The molecule has 154 valence electrons. The summed E-state index contributed by atoms with van der Waals surface area (Å²) in [5.74, 6) is 1.77. The molecule has 3 aromatic rings. The summed E-state index contributed by atoms with van der Waals surface area (Å²) in [6.07, 6.45) is 3.52. The van der Waals surface area contributed by atoms with Gasteiger partial charge in [0, 0.05) is 26.3 Å².